The fraction of sp³-hybridized carbons (Fsp3) is 0.412. The second-order valence-corrected chi connectivity index (χ2v) is 5.47. The van der Waals surface area contributed by atoms with Gasteiger partial charge in [0.05, 0.1) is 6.10 Å². The second-order valence-electron chi connectivity index (χ2n) is 5.47. The van der Waals surface area contributed by atoms with Crippen molar-refractivity contribution in [2.75, 3.05) is 0 Å². The first-order chi connectivity index (χ1) is 9.84. The van der Waals surface area contributed by atoms with Gasteiger partial charge in [0, 0.05) is 29.7 Å². The van der Waals surface area contributed by atoms with Crippen molar-refractivity contribution >= 4 is 0 Å². The van der Waals surface area contributed by atoms with E-state index in [0.717, 1.165) is 43.5 Å². The summed E-state index contributed by atoms with van der Waals surface area (Å²) in [6.07, 6.45) is 8.15. The number of aryl methyl sites for hydroxylation is 2. The Morgan fingerprint density at radius 2 is 2.05 bits per heavy atom. The summed E-state index contributed by atoms with van der Waals surface area (Å²) in [6.45, 7) is 0. The Labute approximate surface area is 119 Å². The largest absolute Gasteiger partial charge is 0.392 e. The zero-order chi connectivity index (χ0) is 13.8. The summed E-state index contributed by atoms with van der Waals surface area (Å²) in [7, 11) is 0. The van der Waals surface area contributed by atoms with Crippen molar-refractivity contribution in [3.05, 3.63) is 59.7 Å². The van der Waals surface area contributed by atoms with Crippen LogP contribution in [0.2, 0.25) is 0 Å². The average Bonchev–Trinajstić information content (AvgIpc) is 2.53. The molecule has 0 radical (unpaired) electrons. The van der Waals surface area contributed by atoms with Gasteiger partial charge in [-0.1, -0.05) is 12.1 Å². The van der Waals surface area contributed by atoms with Crippen LogP contribution >= 0.6 is 0 Å². The molecule has 0 spiro atoms. The molecule has 0 amide bonds. The zero-order valence-corrected chi connectivity index (χ0v) is 11.6. The van der Waals surface area contributed by atoms with Crippen molar-refractivity contribution in [3.63, 3.8) is 0 Å². The van der Waals surface area contributed by atoms with Gasteiger partial charge in [0.15, 0.2) is 0 Å². The molecule has 0 bridgehead atoms. The number of fused-ring (bicyclic) bond motifs is 1. The lowest BCUT2D eigenvalue weighted by Gasteiger charge is -2.28. The second kappa shape index (κ2) is 6.14. The minimum atomic E-state index is -0.328. The van der Waals surface area contributed by atoms with Crippen LogP contribution in [-0.2, 0) is 12.8 Å². The summed E-state index contributed by atoms with van der Waals surface area (Å²) in [5, 5.41) is 10.5. The van der Waals surface area contributed by atoms with E-state index >= 15 is 0 Å². The van der Waals surface area contributed by atoms with E-state index in [1.807, 2.05) is 30.5 Å². The lowest BCUT2D eigenvalue weighted by Crippen LogP contribution is -2.24. The number of nitrogens with zero attached hydrogens (tertiary/aromatic N) is 2. The Kier molecular flexibility index (Phi) is 4.07. The normalized spacial score (nSPS) is 19.4. The topological polar surface area (TPSA) is 46.0 Å². The number of aliphatic hydroxyl groups excluding tert-OH is 1. The van der Waals surface area contributed by atoms with E-state index in [-0.39, 0.29) is 12.0 Å². The van der Waals surface area contributed by atoms with Crippen LogP contribution in [0.25, 0.3) is 0 Å². The number of rotatable bonds is 4. The molecular weight excluding hydrogens is 248 g/mol. The van der Waals surface area contributed by atoms with E-state index in [1.165, 1.54) is 5.56 Å². The highest BCUT2D eigenvalue weighted by Crippen LogP contribution is 2.33. The molecule has 0 saturated heterocycles. The summed E-state index contributed by atoms with van der Waals surface area (Å²) in [5.41, 5.74) is 3.46. The number of hydrogen-bond donors (Lipinski definition) is 1. The summed E-state index contributed by atoms with van der Waals surface area (Å²) in [6, 6.07) is 10.1. The van der Waals surface area contributed by atoms with Crippen LogP contribution in [-0.4, -0.2) is 21.2 Å². The third kappa shape index (κ3) is 2.88. The van der Waals surface area contributed by atoms with E-state index in [9.17, 15) is 5.11 Å². The van der Waals surface area contributed by atoms with Crippen molar-refractivity contribution in [1.82, 2.24) is 9.97 Å². The molecular formula is C17H20N2O. The number of aliphatic hydroxyl groups is 1. The molecule has 0 aliphatic heterocycles. The van der Waals surface area contributed by atoms with Gasteiger partial charge >= 0.3 is 0 Å². The van der Waals surface area contributed by atoms with Crippen LogP contribution in [0, 0.1) is 0 Å². The van der Waals surface area contributed by atoms with Crippen LogP contribution in [0.1, 0.15) is 42.1 Å². The molecule has 0 fully saturated rings. The summed E-state index contributed by atoms with van der Waals surface area (Å²) >= 11 is 0. The molecule has 104 valence electrons. The summed E-state index contributed by atoms with van der Waals surface area (Å²) in [5.74, 6) is 0.184. The molecule has 3 rings (SSSR count). The fourth-order valence-electron chi connectivity index (χ4n) is 3.06. The number of pyridine rings is 2. The first-order valence-corrected chi connectivity index (χ1v) is 7.36. The molecule has 1 aliphatic rings. The molecule has 2 unspecified atom stereocenters. The molecule has 2 atom stereocenters. The van der Waals surface area contributed by atoms with Gasteiger partial charge in [0.25, 0.3) is 0 Å². The SMILES string of the molecule is OC(CCc1ccccn1)C1CCCc2cccnc21. The third-order valence-corrected chi connectivity index (χ3v) is 4.13. The lowest BCUT2D eigenvalue weighted by molar-refractivity contribution is 0.123. The molecule has 2 aromatic heterocycles. The number of hydrogen-bond acceptors (Lipinski definition) is 3. The molecule has 1 N–H and O–H groups in total. The van der Waals surface area contributed by atoms with Gasteiger partial charge in [0.2, 0.25) is 0 Å². The van der Waals surface area contributed by atoms with Crippen LogP contribution in [0.5, 0.6) is 0 Å². The zero-order valence-electron chi connectivity index (χ0n) is 11.6. The quantitative estimate of drug-likeness (QED) is 0.927. The van der Waals surface area contributed by atoms with Crippen molar-refractivity contribution < 1.29 is 5.11 Å². The Balaban J connectivity index is 1.67. The maximum absolute atomic E-state index is 10.5. The molecule has 20 heavy (non-hydrogen) atoms. The first-order valence-electron chi connectivity index (χ1n) is 7.36. The maximum Gasteiger partial charge on any atom is 0.0627 e. The molecule has 1 aliphatic carbocycles. The summed E-state index contributed by atoms with van der Waals surface area (Å²) < 4.78 is 0. The number of aromatic nitrogens is 2. The van der Waals surface area contributed by atoms with Gasteiger partial charge < -0.3 is 5.11 Å². The summed E-state index contributed by atoms with van der Waals surface area (Å²) in [4.78, 5) is 8.81. The van der Waals surface area contributed by atoms with Crippen molar-refractivity contribution in [3.8, 4) is 0 Å². The highest BCUT2D eigenvalue weighted by atomic mass is 16.3. The minimum Gasteiger partial charge on any atom is -0.392 e. The Bertz CT molecular complexity index is 556. The first kappa shape index (κ1) is 13.3. The maximum atomic E-state index is 10.5. The van der Waals surface area contributed by atoms with E-state index in [0.29, 0.717) is 0 Å². The van der Waals surface area contributed by atoms with Gasteiger partial charge in [-0.2, -0.15) is 0 Å². The third-order valence-electron chi connectivity index (χ3n) is 4.13. The van der Waals surface area contributed by atoms with Crippen molar-refractivity contribution in [2.45, 2.75) is 44.1 Å². The van der Waals surface area contributed by atoms with Crippen LogP contribution in [0.3, 0.4) is 0 Å². The van der Waals surface area contributed by atoms with Gasteiger partial charge in [0.1, 0.15) is 0 Å². The molecule has 2 aromatic rings. The van der Waals surface area contributed by atoms with Gasteiger partial charge in [-0.05, 0) is 55.9 Å². The van der Waals surface area contributed by atoms with Crippen LogP contribution < -0.4 is 0 Å². The van der Waals surface area contributed by atoms with E-state index in [4.69, 9.17) is 0 Å². The van der Waals surface area contributed by atoms with Crippen molar-refractivity contribution in [2.24, 2.45) is 0 Å². The van der Waals surface area contributed by atoms with Crippen LogP contribution in [0.15, 0.2) is 42.7 Å². The Hall–Kier alpha value is -1.74. The highest BCUT2D eigenvalue weighted by molar-refractivity contribution is 5.27. The van der Waals surface area contributed by atoms with Crippen LogP contribution in [0.4, 0.5) is 0 Å². The highest BCUT2D eigenvalue weighted by Gasteiger charge is 2.27. The lowest BCUT2D eigenvalue weighted by atomic mass is 9.82. The predicted octanol–water partition coefficient (Wildman–Crippen LogP) is 2.89. The predicted molar refractivity (Wildman–Crippen MR) is 78.5 cm³/mol. The average molecular weight is 268 g/mol. The van der Waals surface area contributed by atoms with Crippen molar-refractivity contribution in [1.29, 1.82) is 0 Å². The van der Waals surface area contributed by atoms with E-state index in [1.54, 1.807) is 6.20 Å². The smallest absolute Gasteiger partial charge is 0.0627 e. The monoisotopic (exact) mass is 268 g/mol. The fourth-order valence-corrected chi connectivity index (χ4v) is 3.06. The molecule has 0 saturated carbocycles. The van der Waals surface area contributed by atoms with Gasteiger partial charge in [-0.25, -0.2) is 0 Å². The standard InChI is InChI=1S/C17H20N2O/c20-16(10-9-14-7-1-2-11-18-14)15-8-3-5-13-6-4-12-19-17(13)15/h1-2,4,6-7,11-12,15-16,20H,3,5,8-10H2. The Morgan fingerprint density at radius 1 is 1.15 bits per heavy atom. The molecule has 0 aromatic carbocycles. The van der Waals surface area contributed by atoms with Gasteiger partial charge in [-0.3, -0.25) is 9.97 Å². The van der Waals surface area contributed by atoms with E-state index in [2.05, 4.69) is 16.0 Å². The molecule has 3 heteroatoms. The minimum absolute atomic E-state index is 0.184. The van der Waals surface area contributed by atoms with E-state index < -0.39 is 0 Å². The van der Waals surface area contributed by atoms with Gasteiger partial charge in [-0.15, -0.1) is 0 Å². The Morgan fingerprint density at radius 3 is 2.90 bits per heavy atom. The molecule has 3 nitrogen and oxygen atoms in total. The molecule has 2 heterocycles.